The number of thiocarbonyl (C=S) groups is 1. The van der Waals surface area contributed by atoms with E-state index >= 15 is 0 Å². The smallest absolute Gasteiger partial charge is 0.186 e. The molecule has 2 N–H and O–H groups in total. The van der Waals surface area contributed by atoms with E-state index in [4.69, 9.17) is 12.2 Å². The highest BCUT2D eigenvalue weighted by atomic mass is 32.1. The van der Waals surface area contributed by atoms with Crippen LogP contribution in [0.25, 0.3) is 0 Å². The molecule has 0 aromatic heterocycles. The molecule has 3 nitrogen and oxygen atoms in total. The van der Waals surface area contributed by atoms with Crippen LogP contribution >= 0.6 is 12.2 Å². The molecule has 0 heterocycles. The Morgan fingerprint density at radius 2 is 1.71 bits per heavy atom. The van der Waals surface area contributed by atoms with Gasteiger partial charge in [-0.05, 0) is 30.3 Å². The van der Waals surface area contributed by atoms with E-state index in [1.54, 1.807) is 7.05 Å². The van der Waals surface area contributed by atoms with Crippen LogP contribution < -0.4 is 10.7 Å². The molecule has 0 aliphatic heterocycles. The van der Waals surface area contributed by atoms with E-state index in [2.05, 4.69) is 59.2 Å². The second-order valence-electron chi connectivity index (χ2n) is 4.78. The van der Waals surface area contributed by atoms with Gasteiger partial charge in [0, 0.05) is 13.5 Å². The van der Waals surface area contributed by atoms with Crippen molar-refractivity contribution in [2.45, 2.75) is 13.3 Å². The van der Waals surface area contributed by atoms with E-state index in [1.807, 2.05) is 18.2 Å². The van der Waals surface area contributed by atoms with Gasteiger partial charge in [0.25, 0.3) is 0 Å². The molecule has 2 aromatic rings. The van der Waals surface area contributed by atoms with Gasteiger partial charge in [0.1, 0.15) is 0 Å². The Morgan fingerprint density at radius 1 is 1.05 bits per heavy atom. The molecule has 0 unspecified atom stereocenters. The SMILES string of the molecule is CNC(=S)N/N=C(/Cc1ccccc1)c1ccc(C)cc1. The highest BCUT2D eigenvalue weighted by molar-refractivity contribution is 7.80. The maximum absolute atomic E-state index is 5.08. The molecule has 4 heteroatoms. The first-order valence-corrected chi connectivity index (χ1v) is 7.25. The van der Waals surface area contributed by atoms with Gasteiger partial charge in [-0.2, -0.15) is 5.10 Å². The van der Waals surface area contributed by atoms with E-state index < -0.39 is 0 Å². The topological polar surface area (TPSA) is 36.4 Å². The molecule has 108 valence electrons. The fourth-order valence-corrected chi connectivity index (χ4v) is 1.96. The average Bonchev–Trinajstić information content (AvgIpc) is 2.53. The van der Waals surface area contributed by atoms with E-state index in [9.17, 15) is 0 Å². The fraction of sp³-hybridized carbons (Fsp3) is 0.176. The highest BCUT2D eigenvalue weighted by Gasteiger charge is 2.06. The quantitative estimate of drug-likeness (QED) is 0.517. The molecule has 0 saturated heterocycles. The van der Waals surface area contributed by atoms with Gasteiger partial charge < -0.3 is 5.32 Å². The van der Waals surface area contributed by atoms with E-state index in [0.717, 1.165) is 17.7 Å². The minimum Gasteiger partial charge on any atom is -0.364 e. The summed E-state index contributed by atoms with van der Waals surface area (Å²) in [7, 11) is 1.77. The zero-order valence-electron chi connectivity index (χ0n) is 12.3. The van der Waals surface area contributed by atoms with E-state index in [1.165, 1.54) is 11.1 Å². The lowest BCUT2D eigenvalue weighted by atomic mass is 10.0. The summed E-state index contributed by atoms with van der Waals surface area (Å²) in [6.45, 7) is 2.08. The Morgan fingerprint density at radius 3 is 2.33 bits per heavy atom. The van der Waals surface area contributed by atoms with Gasteiger partial charge in [-0.25, -0.2) is 0 Å². The number of aryl methyl sites for hydroxylation is 1. The summed E-state index contributed by atoms with van der Waals surface area (Å²) in [5, 5.41) is 7.82. The number of nitrogens with zero attached hydrogens (tertiary/aromatic N) is 1. The third-order valence-electron chi connectivity index (χ3n) is 3.12. The molecule has 0 radical (unpaired) electrons. The van der Waals surface area contributed by atoms with E-state index in [0.29, 0.717) is 5.11 Å². The first-order valence-electron chi connectivity index (χ1n) is 6.84. The predicted octanol–water partition coefficient (Wildman–Crippen LogP) is 3.04. The van der Waals surface area contributed by atoms with Crippen molar-refractivity contribution in [3.63, 3.8) is 0 Å². The minimum absolute atomic E-state index is 0.507. The van der Waals surface area contributed by atoms with Crippen LogP contribution in [0.5, 0.6) is 0 Å². The van der Waals surface area contributed by atoms with Crippen molar-refractivity contribution in [2.24, 2.45) is 5.10 Å². The highest BCUT2D eigenvalue weighted by Crippen LogP contribution is 2.10. The molecule has 2 rings (SSSR count). The summed E-state index contributed by atoms with van der Waals surface area (Å²) in [5.41, 5.74) is 7.37. The van der Waals surface area contributed by atoms with Crippen molar-refractivity contribution >= 4 is 23.0 Å². The molecule has 0 bridgehead atoms. The van der Waals surface area contributed by atoms with Crippen molar-refractivity contribution < 1.29 is 0 Å². The van der Waals surface area contributed by atoms with Crippen molar-refractivity contribution in [1.29, 1.82) is 0 Å². The lowest BCUT2D eigenvalue weighted by molar-refractivity contribution is 0.967. The van der Waals surface area contributed by atoms with Crippen LogP contribution in [0, 0.1) is 6.92 Å². The largest absolute Gasteiger partial charge is 0.364 e. The van der Waals surface area contributed by atoms with Crippen LogP contribution in [0.15, 0.2) is 59.7 Å². The van der Waals surface area contributed by atoms with Gasteiger partial charge in [0.15, 0.2) is 5.11 Å². The molecule has 0 amide bonds. The van der Waals surface area contributed by atoms with Crippen molar-refractivity contribution in [2.75, 3.05) is 7.05 Å². The minimum atomic E-state index is 0.507. The van der Waals surface area contributed by atoms with Gasteiger partial charge in [-0.3, -0.25) is 5.43 Å². The molecule has 0 atom stereocenters. The first-order chi connectivity index (χ1) is 10.2. The van der Waals surface area contributed by atoms with Crippen LogP contribution in [-0.2, 0) is 6.42 Å². The van der Waals surface area contributed by atoms with Crippen LogP contribution in [0.1, 0.15) is 16.7 Å². The number of hydrogen-bond acceptors (Lipinski definition) is 2. The van der Waals surface area contributed by atoms with Crippen LogP contribution in [0.2, 0.25) is 0 Å². The molecule has 0 fully saturated rings. The van der Waals surface area contributed by atoms with Crippen molar-refractivity contribution in [1.82, 2.24) is 10.7 Å². The summed E-state index contributed by atoms with van der Waals surface area (Å²) >= 11 is 5.08. The molecule has 2 aromatic carbocycles. The van der Waals surface area contributed by atoms with Crippen molar-refractivity contribution in [3.8, 4) is 0 Å². The van der Waals surface area contributed by atoms with Gasteiger partial charge >= 0.3 is 0 Å². The van der Waals surface area contributed by atoms with Crippen LogP contribution in [0.4, 0.5) is 0 Å². The Hall–Kier alpha value is -2.20. The molecule has 0 aliphatic carbocycles. The first kappa shape index (κ1) is 15.2. The lowest BCUT2D eigenvalue weighted by Gasteiger charge is -2.09. The third-order valence-corrected chi connectivity index (χ3v) is 3.41. The fourth-order valence-electron chi connectivity index (χ4n) is 1.92. The number of hydrazone groups is 1. The summed E-state index contributed by atoms with van der Waals surface area (Å²) in [4.78, 5) is 0. The monoisotopic (exact) mass is 297 g/mol. The maximum Gasteiger partial charge on any atom is 0.186 e. The predicted molar refractivity (Wildman–Crippen MR) is 92.7 cm³/mol. The molecule has 21 heavy (non-hydrogen) atoms. The standard InChI is InChI=1S/C17H19N3S/c1-13-8-10-15(11-9-13)16(19-20-17(21)18-2)12-14-6-4-3-5-7-14/h3-11H,12H2,1-2H3,(H2,18,20,21)/b19-16-. The van der Waals surface area contributed by atoms with Gasteiger partial charge in [0.2, 0.25) is 0 Å². The second-order valence-corrected chi connectivity index (χ2v) is 5.19. The average molecular weight is 297 g/mol. The summed E-state index contributed by atoms with van der Waals surface area (Å²) in [5.74, 6) is 0. The molecule has 0 spiro atoms. The summed E-state index contributed by atoms with van der Waals surface area (Å²) in [6.07, 6.45) is 0.753. The lowest BCUT2D eigenvalue weighted by Crippen LogP contribution is -2.29. The Balaban J connectivity index is 2.25. The van der Waals surface area contributed by atoms with E-state index in [-0.39, 0.29) is 0 Å². The van der Waals surface area contributed by atoms with Crippen LogP contribution in [-0.4, -0.2) is 17.9 Å². The number of rotatable bonds is 4. The summed E-state index contributed by atoms with van der Waals surface area (Å²) < 4.78 is 0. The number of nitrogens with one attached hydrogen (secondary N) is 2. The van der Waals surface area contributed by atoms with Gasteiger partial charge in [-0.1, -0.05) is 60.2 Å². The molecular weight excluding hydrogens is 278 g/mol. The molecule has 0 saturated carbocycles. The maximum atomic E-state index is 5.08. The van der Waals surface area contributed by atoms with Crippen LogP contribution in [0.3, 0.4) is 0 Å². The summed E-state index contributed by atoms with van der Waals surface area (Å²) in [6, 6.07) is 18.6. The number of hydrogen-bond donors (Lipinski definition) is 2. The molecular formula is C17H19N3S. The van der Waals surface area contributed by atoms with Gasteiger partial charge in [-0.15, -0.1) is 0 Å². The van der Waals surface area contributed by atoms with Gasteiger partial charge in [0.05, 0.1) is 5.71 Å². The third kappa shape index (κ3) is 4.68. The van der Waals surface area contributed by atoms with Crippen molar-refractivity contribution in [3.05, 3.63) is 71.3 Å². The Kier molecular flexibility index (Phi) is 5.46. The Bertz CT molecular complexity index is 618. The number of benzene rings is 2. The second kappa shape index (κ2) is 7.55. The normalized spacial score (nSPS) is 11.0. The zero-order valence-corrected chi connectivity index (χ0v) is 13.1. The zero-order chi connectivity index (χ0) is 15.1. The molecule has 0 aliphatic rings. The Labute approximate surface area is 131 Å².